The number of benzene rings is 1. The summed E-state index contributed by atoms with van der Waals surface area (Å²) in [5, 5.41) is 8.23. The highest BCUT2D eigenvalue weighted by Crippen LogP contribution is 2.22. The average Bonchev–Trinajstić information content (AvgIpc) is 2.38. The number of urea groups is 1. The summed E-state index contributed by atoms with van der Waals surface area (Å²) in [6.45, 7) is 4.57. The van der Waals surface area contributed by atoms with E-state index in [0.29, 0.717) is 28.7 Å². The predicted molar refractivity (Wildman–Crippen MR) is 76.7 cm³/mol. The SMILES string of the molecule is CNC(=O)c1ccc(Cl)c(NC(=O)NCC(C)C)c1. The summed E-state index contributed by atoms with van der Waals surface area (Å²) in [4.78, 5) is 23.1. The molecular formula is C13H18ClN3O2. The molecule has 0 unspecified atom stereocenters. The van der Waals surface area contributed by atoms with Crippen LogP contribution in [0.1, 0.15) is 24.2 Å². The smallest absolute Gasteiger partial charge is 0.319 e. The van der Waals surface area contributed by atoms with E-state index in [1.807, 2.05) is 13.8 Å². The molecule has 104 valence electrons. The van der Waals surface area contributed by atoms with Crippen LogP contribution in [-0.2, 0) is 0 Å². The maximum Gasteiger partial charge on any atom is 0.319 e. The number of anilines is 1. The van der Waals surface area contributed by atoms with Crippen molar-refractivity contribution in [2.24, 2.45) is 5.92 Å². The summed E-state index contributed by atoms with van der Waals surface area (Å²) in [5.74, 6) is 0.126. The number of rotatable bonds is 4. The van der Waals surface area contributed by atoms with Crippen LogP contribution in [0.25, 0.3) is 0 Å². The fraction of sp³-hybridized carbons (Fsp3) is 0.385. The summed E-state index contributed by atoms with van der Waals surface area (Å²) in [7, 11) is 1.54. The van der Waals surface area contributed by atoms with Gasteiger partial charge < -0.3 is 16.0 Å². The molecule has 1 aromatic carbocycles. The van der Waals surface area contributed by atoms with Crippen molar-refractivity contribution in [3.05, 3.63) is 28.8 Å². The Labute approximate surface area is 117 Å². The molecule has 5 nitrogen and oxygen atoms in total. The molecule has 0 atom stereocenters. The zero-order valence-corrected chi connectivity index (χ0v) is 12.0. The molecule has 0 aliphatic heterocycles. The molecule has 3 N–H and O–H groups in total. The molecule has 6 heteroatoms. The Morgan fingerprint density at radius 2 is 2.00 bits per heavy atom. The van der Waals surface area contributed by atoms with E-state index in [1.54, 1.807) is 19.2 Å². The molecule has 0 saturated carbocycles. The molecular weight excluding hydrogens is 266 g/mol. The van der Waals surface area contributed by atoms with Crippen molar-refractivity contribution in [3.63, 3.8) is 0 Å². The van der Waals surface area contributed by atoms with Crippen LogP contribution in [0.2, 0.25) is 5.02 Å². The van der Waals surface area contributed by atoms with E-state index in [9.17, 15) is 9.59 Å². The second-order valence-electron chi connectivity index (χ2n) is 4.50. The third-order valence-electron chi connectivity index (χ3n) is 2.37. The third-order valence-corrected chi connectivity index (χ3v) is 2.70. The van der Waals surface area contributed by atoms with Crippen molar-refractivity contribution in [3.8, 4) is 0 Å². The van der Waals surface area contributed by atoms with Gasteiger partial charge in [0.2, 0.25) is 0 Å². The van der Waals surface area contributed by atoms with E-state index < -0.39 is 0 Å². The van der Waals surface area contributed by atoms with Crippen LogP contribution in [0, 0.1) is 5.92 Å². The zero-order valence-electron chi connectivity index (χ0n) is 11.2. The quantitative estimate of drug-likeness (QED) is 0.794. The minimum atomic E-state index is -0.343. The van der Waals surface area contributed by atoms with Gasteiger partial charge >= 0.3 is 6.03 Å². The Morgan fingerprint density at radius 3 is 2.58 bits per heavy atom. The number of halogens is 1. The lowest BCUT2D eigenvalue weighted by atomic mass is 10.2. The van der Waals surface area contributed by atoms with Gasteiger partial charge in [-0.3, -0.25) is 4.79 Å². The first-order valence-corrected chi connectivity index (χ1v) is 6.38. The lowest BCUT2D eigenvalue weighted by molar-refractivity contribution is 0.0963. The average molecular weight is 284 g/mol. The van der Waals surface area contributed by atoms with Crippen LogP contribution >= 0.6 is 11.6 Å². The van der Waals surface area contributed by atoms with Gasteiger partial charge in [-0.1, -0.05) is 25.4 Å². The van der Waals surface area contributed by atoms with Gasteiger partial charge in [-0.25, -0.2) is 4.79 Å². The monoisotopic (exact) mass is 283 g/mol. The second-order valence-corrected chi connectivity index (χ2v) is 4.91. The maximum absolute atomic E-state index is 11.6. The summed E-state index contributed by atoms with van der Waals surface area (Å²) in [6, 6.07) is 4.36. The Morgan fingerprint density at radius 1 is 1.32 bits per heavy atom. The topological polar surface area (TPSA) is 70.2 Å². The van der Waals surface area contributed by atoms with Gasteiger partial charge in [-0.2, -0.15) is 0 Å². The normalized spacial score (nSPS) is 10.2. The van der Waals surface area contributed by atoms with Gasteiger partial charge in [0, 0.05) is 19.2 Å². The lowest BCUT2D eigenvalue weighted by Crippen LogP contribution is -2.31. The molecule has 3 amide bonds. The van der Waals surface area contributed by atoms with Crippen LogP contribution in [-0.4, -0.2) is 25.5 Å². The number of carbonyl (C=O) groups is 2. The van der Waals surface area contributed by atoms with Crippen LogP contribution in [0.4, 0.5) is 10.5 Å². The molecule has 0 aliphatic rings. The van der Waals surface area contributed by atoms with Crippen molar-refractivity contribution in [1.82, 2.24) is 10.6 Å². The fourth-order valence-electron chi connectivity index (χ4n) is 1.37. The van der Waals surface area contributed by atoms with E-state index >= 15 is 0 Å². The lowest BCUT2D eigenvalue weighted by Gasteiger charge is -2.11. The van der Waals surface area contributed by atoms with E-state index in [4.69, 9.17) is 11.6 Å². The highest BCUT2D eigenvalue weighted by Gasteiger charge is 2.10. The van der Waals surface area contributed by atoms with E-state index in [0.717, 1.165) is 0 Å². The minimum absolute atomic E-state index is 0.234. The number of hydrogen-bond donors (Lipinski definition) is 3. The molecule has 0 aromatic heterocycles. The Bertz CT molecular complexity index is 475. The Kier molecular flexibility index (Phi) is 5.63. The molecule has 0 aliphatic carbocycles. The van der Waals surface area contributed by atoms with Crippen molar-refractivity contribution in [2.75, 3.05) is 18.9 Å². The number of nitrogens with one attached hydrogen (secondary N) is 3. The van der Waals surface area contributed by atoms with Gasteiger partial charge in [0.25, 0.3) is 5.91 Å². The summed E-state index contributed by atoms with van der Waals surface area (Å²) >= 11 is 5.98. The Balaban J connectivity index is 2.77. The van der Waals surface area contributed by atoms with Crippen molar-refractivity contribution in [2.45, 2.75) is 13.8 Å². The van der Waals surface area contributed by atoms with Crippen molar-refractivity contribution < 1.29 is 9.59 Å². The third kappa shape index (κ3) is 4.79. The minimum Gasteiger partial charge on any atom is -0.355 e. The largest absolute Gasteiger partial charge is 0.355 e. The fourth-order valence-corrected chi connectivity index (χ4v) is 1.53. The summed E-state index contributed by atoms with van der Waals surface area (Å²) in [6.07, 6.45) is 0. The molecule has 0 heterocycles. The standard InChI is InChI=1S/C13H18ClN3O2/c1-8(2)7-16-13(19)17-11-6-9(12(18)15-3)4-5-10(11)14/h4-6,8H,7H2,1-3H3,(H,15,18)(H2,16,17,19). The molecule has 19 heavy (non-hydrogen) atoms. The first kappa shape index (κ1) is 15.3. The van der Waals surface area contributed by atoms with Crippen LogP contribution in [0.5, 0.6) is 0 Å². The molecule has 0 fully saturated rings. The molecule has 0 radical (unpaired) electrons. The van der Waals surface area contributed by atoms with Gasteiger partial charge in [0.15, 0.2) is 0 Å². The first-order valence-electron chi connectivity index (χ1n) is 6.00. The van der Waals surface area contributed by atoms with E-state index in [2.05, 4.69) is 16.0 Å². The van der Waals surface area contributed by atoms with Gasteiger partial charge in [-0.05, 0) is 24.1 Å². The van der Waals surface area contributed by atoms with Gasteiger partial charge in [-0.15, -0.1) is 0 Å². The van der Waals surface area contributed by atoms with Crippen LogP contribution < -0.4 is 16.0 Å². The molecule has 0 spiro atoms. The highest BCUT2D eigenvalue weighted by atomic mass is 35.5. The van der Waals surface area contributed by atoms with E-state index in [1.165, 1.54) is 6.07 Å². The second kappa shape index (κ2) is 6.99. The highest BCUT2D eigenvalue weighted by molar-refractivity contribution is 6.33. The van der Waals surface area contributed by atoms with Crippen LogP contribution in [0.15, 0.2) is 18.2 Å². The summed E-state index contributed by atoms with van der Waals surface area (Å²) < 4.78 is 0. The zero-order chi connectivity index (χ0) is 14.4. The molecule has 0 bridgehead atoms. The summed E-state index contributed by atoms with van der Waals surface area (Å²) in [5.41, 5.74) is 0.843. The Hall–Kier alpha value is -1.75. The molecule has 1 rings (SSSR count). The molecule has 0 saturated heterocycles. The maximum atomic E-state index is 11.6. The van der Waals surface area contributed by atoms with E-state index in [-0.39, 0.29) is 11.9 Å². The van der Waals surface area contributed by atoms with Gasteiger partial charge in [0.1, 0.15) is 0 Å². The number of hydrogen-bond acceptors (Lipinski definition) is 2. The first-order chi connectivity index (χ1) is 8.93. The predicted octanol–water partition coefficient (Wildman–Crippen LogP) is 2.48. The van der Waals surface area contributed by atoms with Crippen molar-refractivity contribution in [1.29, 1.82) is 0 Å². The van der Waals surface area contributed by atoms with Crippen LogP contribution in [0.3, 0.4) is 0 Å². The number of amides is 3. The van der Waals surface area contributed by atoms with Crippen molar-refractivity contribution >= 4 is 29.2 Å². The molecule has 1 aromatic rings. The van der Waals surface area contributed by atoms with Gasteiger partial charge in [0.05, 0.1) is 10.7 Å². The number of carbonyl (C=O) groups excluding carboxylic acids is 2.